The Hall–Kier alpha value is -0.920. The summed E-state index contributed by atoms with van der Waals surface area (Å²) < 4.78 is 10.1. The summed E-state index contributed by atoms with van der Waals surface area (Å²) in [6.07, 6.45) is -1.28. The molecular formula is C8H11NO3. The van der Waals surface area contributed by atoms with Crippen LogP contribution < -0.4 is 0 Å². The quantitative estimate of drug-likeness (QED) is 0.565. The number of ketones is 1. The van der Waals surface area contributed by atoms with Gasteiger partial charge in [0.1, 0.15) is 6.10 Å². The molecule has 0 radical (unpaired) electrons. The fraction of sp³-hybridized carbons (Fsp3) is 0.750. The lowest BCUT2D eigenvalue weighted by molar-refractivity contribution is -0.154. The topological polar surface area (TPSA) is 59.3 Å². The van der Waals surface area contributed by atoms with E-state index in [1.165, 1.54) is 7.11 Å². The number of nitriles is 1. The van der Waals surface area contributed by atoms with Crippen LogP contribution in [0.3, 0.4) is 0 Å². The van der Waals surface area contributed by atoms with Crippen LogP contribution in [0.2, 0.25) is 0 Å². The minimum atomic E-state index is -0.598. The molecule has 0 aromatic rings. The SMILES string of the molecule is CO[C@@H]1C(=O)C[C@@H](C#N)O[C@H]1C. The van der Waals surface area contributed by atoms with Crippen LogP contribution in [0.25, 0.3) is 0 Å². The predicted octanol–water partition coefficient (Wildman–Crippen LogP) is 0.271. The summed E-state index contributed by atoms with van der Waals surface area (Å²) in [5.41, 5.74) is 0. The molecule has 1 rings (SSSR count). The van der Waals surface area contributed by atoms with E-state index < -0.39 is 12.2 Å². The fourth-order valence-corrected chi connectivity index (χ4v) is 1.34. The Labute approximate surface area is 71.1 Å². The molecule has 1 heterocycles. The maximum Gasteiger partial charge on any atom is 0.167 e. The maximum atomic E-state index is 11.2. The standard InChI is InChI=1S/C8H11NO3/c1-5-8(11-2)7(10)3-6(4-9)12-5/h5-6,8H,3H2,1-2H3/t5-,6-,8-/m0/s1. The van der Waals surface area contributed by atoms with Crippen LogP contribution >= 0.6 is 0 Å². The second-order valence-electron chi connectivity index (χ2n) is 2.79. The Morgan fingerprint density at radius 1 is 1.75 bits per heavy atom. The summed E-state index contributed by atoms with van der Waals surface area (Å²) in [5, 5.41) is 8.52. The molecule has 12 heavy (non-hydrogen) atoms. The zero-order valence-corrected chi connectivity index (χ0v) is 7.11. The number of hydrogen-bond donors (Lipinski definition) is 0. The number of Topliss-reactive ketones (excluding diaryl/α,β-unsaturated/α-hetero) is 1. The first-order chi connectivity index (χ1) is 5.69. The van der Waals surface area contributed by atoms with Gasteiger partial charge in [0.25, 0.3) is 0 Å². The van der Waals surface area contributed by atoms with Gasteiger partial charge in [-0.25, -0.2) is 0 Å². The molecule has 1 aliphatic rings. The van der Waals surface area contributed by atoms with E-state index in [4.69, 9.17) is 14.7 Å². The number of carbonyl (C=O) groups is 1. The van der Waals surface area contributed by atoms with Gasteiger partial charge in [-0.05, 0) is 6.92 Å². The number of hydrogen-bond acceptors (Lipinski definition) is 4. The van der Waals surface area contributed by atoms with E-state index in [0.717, 1.165) is 0 Å². The summed E-state index contributed by atoms with van der Waals surface area (Å²) in [5.74, 6) is -0.0530. The molecule has 1 saturated heterocycles. The molecule has 0 spiro atoms. The van der Waals surface area contributed by atoms with Crippen molar-refractivity contribution in [2.24, 2.45) is 0 Å². The van der Waals surface area contributed by atoms with E-state index in [2.05, 4.69) is 0 Å². The van der Waals surface area contributed by atoms with Crippen LogP contribution in [0, 0.1) is 11.3 Å². The molecule has 0 bridgehead atoms. The van der Waals surface area contributed by atoms with E-state index in [1.807, 2.05) is 6.07 Å². The van der Waals surface area contributed by atoms with Crippen LogP contribution in [-0.4, -0.2) is 31.2 Å². The van der Waals surface area contributed by atoms with E-state index >= 15 is 0 Å². The molecule has 0 saturated carbocycles. The summed E-state index contributed by atoms with van der Waals surface area (Å²) in [4.78, 5) is 11.2. The molecule has 66 valence electrons. The highest BCUT2D eigenvalue weighted by atomic mass is 16.5. The van der Waals surface area contributed by atoms with Gasteiger partial charge in [-0.15, -0.1) is 0 Å². The molecule has 4 heteroatoms. The highest BCUT2D eigenvalue weighted by Crippen LogP contribution is 2.17. The van der Waals surface area contributed by atoms with Crippen LogP contribution in [-0.2, 0) is 14.3 Å². The number of ether oxygens (including phenoxy) is 2. The zero-order chi connectivity index (χ0) is 9.14. The molecule has 0 aromatic heterocycles. The number of methoxy groups -OCH3 is 1. The predicted molar refractivity (Wildman–Crippen MR) is 40.4 cm³/mol. The van der Waals surface area contributed by atoms with Crippen LogP contribution in [0.15, 0.2) is 0 Å². The highest BCUT2D eigenvalue weighted by Gasteiger charge is 2.34. The lowest BCUT2D eigenvalue weighted by Gasteiger charge is -2.29. The summed E-state index contributed by atoms with van der Waals surface area (Å²) >= 11 is 0. The van der Waals surface area contributed by atoms with Crippen LogP contribution in [0.4, 0.5) is 0 Å². The summed E-state index contributed by atoms with van der Waals surface area (Å²) in [6.45, 7) is 1.73. The molecule has 1 fully saturated rings. The first-order valence-electron chi connectivity index (χ1n) is 3.79. The normalized spacial score (nSPS) is 36.1. The third-order valence-electron chi connectivity index (χ3n) is 1.91. The Morgan fingerprint density at radius 3 is 2.83 bits per heavy atom. The Balaban J connectivity index is 2.65. The molecule has 1 aliphatic heterocycles. The molecular weight excluding hydrogens is 158 g/mol. The molecule has 0 aromatic carbocycles. The van der Waals surface area contributed by atoms with Gasteiger partial charge in [0.05, 0.1) is 12.2 Å². The van der Waals surface area contributed by atoms with E-state index in [1.54, 1.807) is 6.92 Å². The third kappa shape index (κ3) is 1.63. The molecule has 4 nitrogen and oxygen atoms in total. The van der Waals surface area contributed by atoms with Gasteiger partial charge in [0, 0.05) is 13.5 Å². The van der Waals surface area contributed by atoms with Crippen molar-refractivity contribution >= 4 is 5.78 Å². The zero-order valence-electron chi connectivity index (χ0n) is 7.11. The Bertz CT molecular complexity index is 221. The van der Waals surface area contributed by atoms with Gasteiger partial charge in [-0.1, -0.05) is 0 Å². The minimum Gasteiger partial charge on any atom is -0.371 e. The van der Waals surface area contributed by atoms with Crippen molar-refractivity contribution in [2.45, 2.75) is 31.7 Å². The van der Waals surface area contributed by atoms with Gasteiger partial charge in [0.15, 0.2) is 11.9 Å². The fourth-order valence-electron chi connectivity index (χ4n) is 1.34. The lowest BCUT2D eigenvalue weighted by Crippen LogP contribution is -2.44. The highest BCUT2D eigenvalue weighted by molar-refractivity contribution is 5.85. The lowest BCUT2D eigenvalue weighted by atomic mass is 10.0. The van der Waals surface area contributed by atoms with Gasteiger partial charge in [-0.2, -0.15) is 5.26 Å². The van der Waals surface area contributed by atoms with Crippen molar-refractivity contribution in [1.82, 2.24) is 0 Å². The minimum absolute atomic E-state index is 0.0530. The third-order valence-corrected chi connectivity index (χ3v) is 1.91. The number of carbonyl (C=O) groups excluding carboxylic acids is 1. The molecule has 0 N–H and O–H groups in total. The molecule has 0 unspecified atom stereocenters. The van der Waals surface area contributed by atoms with Crippen molar-refractivity contribution in [2.75, 3.05) is 7.11 Å². The monoisotopic (exact) mass is 169 g/mol. The van der Waals surface area contributed by atoms with Gasteiger partial charge < -0.3 is 9.47 Å². The largest absolute Gasteiger partial charge is 0.371 e. The second-order valence-corrected chi connectivity index (χ2v) is 2.79. The van der Waals surface area contributed by atoms with E-state index in [0.29, 0.717) is 0 Å². The first-order valence-corrected chi connectivity index (χ1v) is 3.79. The summed E-state index contributed by atoms with van der Waals surface area (Å²) in [6, 6.07) is 1.91. The van der Waals surface area contributed by atoms with Crippen LogP contribution in [0.5, 0.6) is 0 Å². The van der Waals surface area contributed by atoms with Gasteiger partial charge in [-0.3, -0.25) is 4.79 Å². The van der Waals surface area contributed by atoms with Crippen molar-refractivity contribution in [3.05, 3.63) is 0 Å². The van der Waals surface area contributed by atoms with Crippen molar-refractivity contribution in [1.29, 1.82) is 5.26 Å². The van der Waals surface area contributed by atoms with Gasteiger partial charge >= 0.3 is 0 Å². The van der Waals surface area contributed by atoms with Crippen molar-refractivity contribution in [3.63, 3.8) is 0 Å². The maximum absolute atomic E-state index is 11.2. The Morgan fingerprint density at radius 2 is 2.42 bits per heavy atom. The first kappa shape index (κ1) is 9.17. The number of rotatable bonds is 1. The average molecular weight is 169 g/mol. The smallest absolute Gasteiger partial charge is 0.167 e. The molecule has 0 amide bonds. The second kappa shape index (κ2) is 3.65. The summed E-state index contributed by atoms with van der Waals surface area (Å²) in [7, 11) is 1.47. The molecule has 3 atom stereocenters. The molecule has 0 aliphatic carbocycles. The Kier molecular flexibility index (Phi) is 2.79. The van der Waals surface area contributed by atoms with E-state index in [-0.39, 0.29) is 18.3 Å². The van der Waals surface area contributed by atoms with E-state index in [9.17, 15) is 4.79 Å². The average Bonchev–Trinajstić information content (AvgIpc) is 2.03. The number of nitrogens with zero attached hydrogens (tertiary/aromatic N) is 1. The van der Waals surface area contributed by atoms with Crippen molar-refractivity contribution < 1.29 is 14.3 Å². The van der Waals surface area contributed by atoms with Crippen LogP contribution in [0.1, 0.15) is 13.3 Å². The van der Waals surface area contributed by atoms with Crippen molar-refractivity contribution in [3.8, 4) is 6.07 Å². The van der Waals surface area contributed by atoms with Gasteiger partial charge in [0.2, 0.25) is 0 Å².